The van der Waals surface area contributed by atoms with Crippen LogP contribution in [0.4, 0.5) is 0 Å². The molecule has 1 rings (SSSR count). The Morgan fingerprint density at radius 1 is 1.25 bits per heavy atom. The van der Waals surface area contributed by atoms with E-state index in [2.05, 4.69) is 46.3 Å². The monoisotopic (exact) mass is 287 g/mol. The van der Waals surface area contributed by atoms with Gasteiger partial charge in [0.2, 0.25) is 0 Å². The fourth-order valence-electron chi connectivity index (χ4n) is 1.65. The van der Waals surface area contributed by atoms with Crippen molar-refractivity contribution in [3.05, 3.63) is 11.9 Å². The van der Waals surface area contributed by atoms with Crippen LogP contribution in [0.15, 0.2) is 6.20 Å². The number of alkyl halides is 1. The first-order valence-electron chi connectivity index (χ1n) is 6.32. The first-order chi connectivity index (χ1) is 7.77. The molecule has 1 heterocycles. The molecule has 0 aliphatic heterocycles. The fraction of sp³-hybridized carbons (Fsp3) is 0.833. The topological polar surface area (TPSA) is 30.7 Å². The maximum absolute atomic E-state index is 4.17. The van der Waals surface area contributed by atoms with Crippen LogP contribution in [0.3, 0.4) is 0 Å². The van der Waals surface area contributed by atoms with E-state index in [0.717, 1.165) is 18.7 Å². The number of halogens is 1. The van der Waals surface area contributed by atoms with Crippen LogP contribution >= 0.6 is 15.9 Å². The summed E-state index contributed by atoms with van der Waals surface area (Å²) in [5.74, 6) is 0. The highest BCUT2D eigenvalue weighted by molar-refractivity contribution is 9.09. The molecule has 4 heteroatoms. The van der Waals surface area contributed by atoms with Crippen LogP contribution in [0.25, 0.3) is 0 Å². The highest BCUT2D eigenvalue weighted by Gasteiger charge is 2.08. The molecule has 0 fully saturated rings. The van der Waals surface area contributed by atoms with Gasteiger partial charge in [-0.05, 0) is 12.8 Å². The molecule has 0 aliphatic carbocycles. The number of rotatable bonds is 8. The number of aryl methyl sites for hydroxylation is 1. The minimum absolute atomic E-state index is 0.348. The summed E-state index contributed by atoms with van der Waals surface area (Å²) in [5.41, 5.74) is 1.05. The van der Waals surface area contributed by atoms with Crippen molar-refractivity contribution in [2.45, 2.75) is 63.7 Å². The zero-order valence-electron chi connectivity index (χ0n) is 10.3. The summed E-state index contributed by atoms with van der Waals surface area (Å²) < 4.78 is 1.96. The second kappa shape index (κ2) is 7.82. The number of hydrogen-bond acceptors (Lipinski definition) is 2. The lowest BCUT2D eigenvalue weighted by Gasteiger charge is -2.01. The van der Waals surface area contributed by atoms with Gasteiger partial charge in [-0.15, -0.1) is 5.10 Å². The van der Waals surface area contributed by atoms with E-state index in [1.165, 1.54) is 32.1 Å². The molecule has 3 nitrogen and oxygen atoms in total. The van der Waals surface area contributed by atoms with Gasteiger partial charge in [0.05, 0.1) is 10.5 Å². The Bertz CT molecular complexity index is 286. The Balaban J connectivity index is 2.24. The Kier molecular flexibility index (Phi) is 6.69. The Morgan fingerprint density at radius 3 is 2.69 bits per heavy atom. The van der Waals surface area contributed by atoms with Gasteiger partial charge in [-0.2, -0.15) is 0 Å². The van der Waals surface area contributed by atoms with Crippen LogP contribution in [0.2, 0.25) is 0 Å². The molecule has 0 aliphatic rings. The zero-order valence-corrected chi connectivity index (χ0v) is 11.9. The summed E-state index contributed by atoms with van der Waals surface area (Å²) in [6.45, 7) is 5.38. The van der Waals surface area contributed by atoms with Crippen molar-refractivity contribution in [2.75, 3.05) is 0 Å². The molecule has 1 aromatic rings. The van der Waals surface area contributed by atoms with E-state index in [9.17, 15) is 0 Å². The summed E-state index contributed by atoms with van der Waals surface area (Å²) >= 11 is 3.58. The minimum atomic E-state index is 0.348. The third-order valence-corrected chi connectivity index (χ3v) is 3.84. The largest absolute Gasteiger partial charge is 0.252 e. The third kappa shape index (κ3) is 4.64. The lowest BCUT2D eigenvalue weighted by atomic mass is 10.1. The van der Waals surface area contributed by atoms with Crippen LogP contribution in [-0.4, -0.2) is 15.0 Å². The predicted molar refractivity (Wildman–Crippen MR) is 70.7 cm³/mol. The van der Waals surface area contributed by atoms with Crippen molar-refractivity contribution in [3.8, 4) is 0 Å². The number of nitrogens with zero attached hydrogens (tertiary/aromatic N) is 3. The van der Waals surface area contributed by atoms with Crippen LogP contribution in [0, 0.1) is 0 Å². The molecule has 0 saturated carbocycles. The number of hydrogen-bond donors (Lipinski definition) is 0. The van der Waals surface area contributed by atoms with Gasteiger partial charge in [-0.3, -0.25) is 4.68 Å². The summed E-state index contributed by atoms with van der Waals surface area (Å²) in [4.78, 5) is 0.348. The maximum Gasteiger partial charge on any atom is 0.0963 e. The van der Waals surface area contributed by atoms with E-state index in [0.29, 0.717) is 4.83 Å². The van der Waals surface area contributed by atoms with Crippen molar-refractivity contribution in [3.63, 3.8) is 0 Å². The average molecular weight is 288 g/mol. The molecule has 16 heavy (non-hydrogen) atoms. The molecule has 0 saturated heterocycles. The summed E-state index contributed by atoms with van der Waals surface area (Å²) in [5, 5.41) is 8.31. The SMILES string of the molecule is CCCCCCCn1cc(C(Br)CC)nn1. The molecular weight excluding hydrogens is 266 g/mol. The second-order valence-electron chi connectivity index (χ2n) is 4.20. The van der Waals surface area contributed by atoms with Crippen LogP contribution in [0.1, 0.15) is 62.9 Å². The third-order valence-electron chi connectivity index (χ3n) is 2.73. The van der Waals surface area contributed by atoms with E-state index in [-0.39, 0.29) is 0 Å². The van der Waals surface area contributed by atoms with E-state index in [1.807, 2.05) is 4.68 Å². The minimum Gasteiger partial charge on any atom is -0.252 e. The summed E-state index contributed by atoms with van der Waals surface area (Å²) in [6.07, 6.45) is 9.61. The van der Waals surface area contributed by atoms with Gasteiger partial charge >= 0.3 is 0 Å². The normalized spacial score (nSPS) is 12.9. The standard InChI is InChI=1S/C12H22BrN3/c1-3-5-6-7-8-9-16-10-12(14-15-16)11(13)4-2/h10-11H,3-9H2,1-2H3. The Morgan fingerprint density at radius 2 is 2.00 bits per heavy atom. The molecule has 0 N–H and O–H groups in total. The quantitative estimate of drug-likeness (QED) is 0.532. The van der Waals surface area contributed by atoms with E-state index in [1.54, 1.807) is 0 Å². The summed E-state index contributed by atoms with van der Waals surface area (Å²) in [6, 6.07) is 0. The van der Waals surface area contributed by atoms with Crippen molar-refractivity contribution in [1.29, 1.82) is 0 Å². The van der Waals surface area contributed by atoms with Gasteiger partial charge in [0.25, 0.3) is 0 Å². The summed E-state index contributed by atoms with van der Waals surface area (Å²) in [7, 11) is 0. The van der Waals surface area contributed by atoms with Crippen molar-refractivity contribution in [1.82, 2.24) is 15.0 Å². The van der Waals surface area contributed by atoms with E-state index in [4.69, 9.17) is 0 Å². The van der Waals surface area contributed by atoms with E-state index < -0.39 is 0 Å². The van der Waals surface area contributed by atoms with Crippen LogP contribution < -0.4 is 0 Å². The molecule has 0 spiro atoms. The molecule has 0 radical (unpaired) electrons. The predicted octanol–water partition coefficient (Wildman–Crippen LogP) is 4.09. The fourth-order valence-corrected chi connectivity index (χ4v) is 1.86. The second-order valence-corrected chi connectivity index (χ2v) is 5.30. The van der Waals surface area contributed by atoms with Gasteiger partial charge in [-0.1, -0.05) is 60.7 Å². The average Bonchev–Trinajstić information content (AvgIpc) is 2.76. The van der Waals surface area contributed by atoms with Gasteiger partial charge < -0.3 is 0 Å². The van der Waals surface area contributed by atoms with Crippen molar-refractivity contribution in [2.24, 2.45) is 0 Å². The van der Waals surface area contributed by atoms with Gasteiger partial charge in [0.1, 0.15) is 0 Å². The van der Waals surface area contributed by atoms with E-state index >= 15 is 0 Å². The Labute approximate surface area is 107 Å². The molecule has 0 aromatic carbocycles. The first kappa shape index (κ1) is 13.7. The molecule has 1 unspecified atom stereocenters. The van der Waals surface area contributed by atoms with Crippen molar-refractivity contribution >= 4 is 15.9 Å². The molecular formula is C12H22BrN3. The van der Waals surface area contributed by atoms with Gasteiger partial charge in [0, 0.05) is 12.7 Å². The number of unbranched alkanes of at least 4 members (excludes halogenated alkanes) is 4. The zero-order chi connectivity index (χ0) is 11.8. The van der Waals surface area contributed by atoms with Crippen LogP contribution in [0.5, 0.6) is 0 Å². The molecule has 92 valence electrons. The Hall–Kier alpha value is -0.380. The molecule has 1 aromatic heterocycles. The molecule has 0 amide bonds. The van der Waals surface area contributed by atoms with Crippen molar-refractivity contribution < 1.29 is 0 Å². The lowest BCUT2D eigenvalue weighted by molar-refractivity contribution is 0.521. The smallest absolute Gasteiger partial charge is 0.0963 e. The highest BCUT2D eigenvalue weighted by atomic mass is 79.9. The lowest BCUT2D eigenvalue weighted by Crippen LogP contribution is -1.98. The first-order valence-corrected chi connectivity index (χ1v) is 7.23. The maximum atomic E-state index is 4.17. The van der Waals surface area contributed by atoms with Gasteiger partial charge in [-0.25, -0.2) is 0 Å². The van der Waals surface area contributed by atoms with Gasteiger partial charge in [0.15, 0.2) is 0 Å². The van der Waals surface area contributed by atoms with Crippen LogP contribution in [-0.2, 0) is 6.54 Å². The molecule has 1 atom stereocenters. The number of aromatic nitrogens is 3. The highest BCUT2D eigenvalue weighted by Crippen LogP contribution is 2.23. The molecule has 0 bridgehead atoms.